The van der Waals surface area contributed by atoms with Gasteiger partial charge in [-0.05, 0) is 221 Å². The maximum absolute atomic E-state index is 4.44. The molecule has 0 radical (unpaired) electrons. The van der Waals surface area contributed by atoms with Gasteiger partial charge in [0.1, 0.15) is 0 Å². The first kappa shape index (κ1) is 36.2. The molecule has 6 aliphatic rings. The Morgan fingerprint density at radius 1 is 0.323 bits per heavy atom. The standard InChI is InChI=1S/C64H47N/c1-37-19-21-48(22-20-37)65-64(36-47-34-58-45(32-60(47)52-16-8-10-18-62(52)64)26-43-28-54-41(30-56(43)58)24-39-12-4-6-14-50(39)54)63(2)35-46-33-57-44(31-59(46)51-15-7-9-17-61(51)63)25-42-27-53-40(29-55(42)57)23-38-11-3-5-13-49(38)53/h3-22,27-34,65H,23-26,35-36H2,1-2H3. The van der Waals surface area contributed by atoms with Crippen LogP contribution in [0.4, 0.5) is 5.69 Å². The summed E-state index contributed by atoms with van der Waals surface area (Å²) in [5.74, 6) is 0. The van der Waals surface area contributed by atoms with Gasteiger partial charge in [0, 0.05) is 17.5 Å². The minimum Gasteiger partial charge on any atom is -0.374 e. The van der Waals surface area contributed by atoms with Gasteiger partial charge in [0.05, 0.1) is 5.54 Å². The van der Waals surface area contributed by atoms with E-state index in [1.54, 1.807) is 0 Å². The zero-order valence-corrected chi connectivity index (χ0v) is 36.9. The second kappa shape index (κ2) is 12.7. The second-order valence-electron chi connectivity index (χ2n) is 20.4. The van der Waals surface area contributed by atoms with E-state index in [2.05, 4.69) is 189 Å². The molecule has 0 aliphatic heterocycles. The van der Waals surface area contributed by atoms with E-state index < -0.39 is 5.54 Å². The fourth-order valence-corrected chi connectivity index (χ4v) is 13.8. The van der Waals surface area contributed by atoms with Crippen molar-refractivity contribution in [3.05, 3.63) is 242 Å². The lowest BCUT2D eigenvalue weighted by Crippen LogP contribution is -2.57. The highest BCUT2D eigenvalue weighted by atomic mass is 15.0. The molecule has 0 fully saturated rings. The van der Waals surface area contributed by atoms with E-state index in [9.17, 15) is 0 Å². The van der Waals surface area contributed by atoms with E-state index in [-0.39, 0.29) is 5.41 Å². The van der Waals surface area contributed by atoms with Gasteiger partial charge in [0.25, 0.3) is 0 Å². The monoisotopic (exact) mass is 829 g/mol. The highest BCUT2D eigenvalue weighted by Gasteiger charge is 2.56. The van der Waals surface area contributed by atoms with Crippen LogP contribution in [0, 0.1) is 6.92 Å². The van der Waals surface area contributed by atoms with Crippen molar-refractivity contribution in [1.29, 1.82) is 0 Å². The van der Waals surface area contributed by atoms with Crippen molar-refractivity contribution in [2.24, 2.45) is 0 Å². The molecule has 0 amide bonds. The topological polar surface area (TPSA) is 12.0 Å². The number of hydrogen-bond acceptors (Lipinski definition) is 1. The maximum Gasteiger partial charge on any atom is 0.0768 e. The largest absolute Gasteiger partial charge is 0.374 e. The van der Waals surface area contributed by atoms with Crippen LogP contribution in [0.2, 0.25) is 0 Å². The molecule has 6 aliphatic carbocycles. The summed E-state index contributed by atoms with van der Waals surface area (Å²) >= 11 is 0. The summed E-state index contributed by atoms with van der Waals surface area (Å²) in [7, 11) is 0. The molecular weight excluding hydrogens is 783 g/mol. The van der Waals surface area contributed by atoms with Crippen molar-refractivity contribution in [3.63, 3.8) is 0 Å². The van der Waals surface area contributed by atoms with Crippen molar-refractivity contribution in [2.45, 2.75) is 63.3 Å². The minimum atomic E-state index is -0.488. The first-order valence-corrected chi connectivity index (χ1v) is 23.7. The highest BCUT2D eigenvalue weighted by molar-refractivity contribution is 5.92. The molecule has 0 spiro atoms. The summed E-state index contributed by atoms with van der Waals surface area (Å²) in [6.07, 6.45) is 5.78. The number of aryl methyl sites for hydroxylation is 1. The summed E-state index contributed by atoms with van der Waals surface area (Å²) < 4.78 is 0. The molecule has 2 atom stereocenters. The van der Waals surface area contributed by atoms with E-state index in [1.807, 2.05) is 0 Å². The normalized spacial score (nSPS) is 19.0. The first-order valence-electron chi connectivity index (χ1n) is 23.7. The van der Waals surface area contributed by atoms with Gasteiger partial charge >= 0.3 is 0 Å². The Morgan fingerprint density at radius 2 is 0.677 bits per heavy atom. The number of nitrogens with one attached hydrogen (secondary N) is 1. The SMILES string of the molecule is Cc1ccc(NC2(C3(C)Cc4cc5c(cc4-c4ccccc43)Cc3cc4c(cc3-5)Cc3ccccc3-4)Cc3cc4c(cc3-c3ccccc32)Cc2cc3c(cc2-4)Cc2ccccc2-3)cc1. The van der Waals surface area contributed by atoms with Crippen LogP contribution in [-0.2, 0) is 49.5 Å². The van der Waals surface area contributed by atoms with E-state index in [0.29, 0.717) is 0 Å². The molecule has 1 N–H and O–H groups in total. The first-order chi connectivity index (χ1) is 31.9. The van der Waals surface area contributed by atoms with Gasteiger partial charge < -0.3 is 5.32 Å². The number of rotatable bonds is 3. The lowest BCUT2D eigenvalue weighted by Gasteiger charge is -2.55. The molecule has 0 saturated carbocycles. The van der Waals surface area contributed by atoms with Gasteiger partial charge in [-0.2, -0.15) is 0 Å². The summed E-state index contributed by atoms with van der Waals surface area (Å²) in [5.41, 5.74) is 35.9. The molecule has 0 aromatic heterocycles. The van der Waals surface area contributed by atoms with Crippen LogP contribution in [0.15, 0.2) is 170 Å². The number of benzene rings is 9. The molecule has 65 heavy (non-hydrogen) atoms. The molecule has 2 unspecified atom stereocenters. The Labute approximate surface area is 381 Å². The molecule has 0 heterocycles. The second-order valence-corrected chi connectivity index (χ2v) is 20.4. The van der Waals surface area contributed by atoms with Gasteiger partial charge in [0.2, 0.25) is 0 Å². The Bertz CT molecular complexity index is 3600. The molecule has 0 bridgehead atoms. The average molecular weight is 830 g/mol. The predicted molar refractivity (Wildman–Crippen MR) is 268 cm³/mol. The molecule has 9 aromatic carbocycles. The van der Waals surface area contributed by atoms with Crippen molar-refractivity contribution < 1.29 is 0 Å². The summed E-state index contributed by atoms with van der Waals surface area (Å²) in [6.45, 7) is 4.78. The molecular formula is C64H47N. The van der Waals surface area contributed by atoms with E-state index in [1.165, 1.54) is 139 Å². The van der Waals surface area contributed by atoms with Crippen LogP contribution in [0.1, 0.15) is 79.2 Å². The summed E-state index contributed by atoms with van der Waals surface area (Å²) in [6, 6.07) is 66.4. The number of hydrogen-bond donors (Lipinski definition) is 1. The molecule has 1 nitrogen and oxygen atoms in total. The Morgan fingerprint density at radius 3 is 1.18 bits per heavy atom. The van der Waals surface area contributed by atoms with Crippen LogP contribution in [0.25, 0.3) is 66.8 Å². The molecule has 308 valence electrons. The number of fused-ring (bicyclic) bond motifs is 18. The van der Waals surface area contributed by atoms with E-state index >= 15 is 0 Å². The van der Waals surface area contributed by atoms with Crippen LogP contribution in [-0.4, -0.2) is 0 Å². The summed E-state index contributed by atoms with van der Waals surface area (Å²) in [4.78, 5) is 0. The molecule has 15 rings (SSSR count). The smallest absolute Gasteiger partial charge is 0.0768 e. The number of anilines is 1. The summed E-state index contributed by atoms with van der Waals surface area (Å²) in [5, 5.41) is 4.44. The fraction of sp³-hybridized carbons (Fsp3) is 0.156. The lowest BCUT2D eigenvalue weighted by atomic mass is 9.53. The average Bonchev–Trinajstić information content (AvgIpc) is 4.09. The predicted octanol–water partition coefficient (Wildman–Crippen LogP) is 15.0. The zero-order valence-electron chi connectivity index (χ0n) is 36.9. The van der Waals surface area contributed by atoms with Gasteiger partial charge in [-0.1, -0.05) is 134 Å². The van der Waals surface area contributed by atoms with Crippen molar-refractivity contribution >= 4 is 5.69 Å². The lowest BCUT2D eigenvalue weighted by molar-refractivity contribution is 0.254. The maximum atomic E-state index is 4.44. The highest BCUT2D eigenvalue weighted by Crippen LogP contribution is 2.60. The van der Waals surface area contributed by atoms with Crippen LogP contribution in [0.3, 0.4) is 0 Å². The van der Waals surface area contributed by atoms with Crippen molar-refractivity contribution in [1.82, 2.24) is 0 Å². The van der Waals surface area contributed by atoms with Crippen LogP contribution < -0.4 is 5.32 Å². The van der Waals surface area contributed by atoms with Crippen molar-refractivity contribution in [3.8, 4) is 66.8 Å². The van der Waals surface area contributed by atoms with Gasteiger partial charge in [0.15, 0.2) is 0 Å². The van der Waals surface area contributed by atoms with E-state index in [4.69, 9.17) is 0 Å². The van der Waals surface area contributed by atoms with E-state index in [0.717, 1.165) is 44.2 Å². The van der Waals surface area contributed by atoms with Gasteiger partial charge in [-0.15, -0.1) is 0 Å². The van der Waals surface area contributed by atoms with Crippen LogP contribution >= 0.6 is 0 Å². The van der Waals surface area contributed by atoms with Crippen molar-refractivity contribution in [2.75, 3.05) is 5.32 Å². The zero-order chi connectivity index (χ0) is 42.8. The third-order valence-corrected chi connectivity index (χ3v) is 16.9. The molecule has 0 saturated heterocycles. The Balaban J connectivity index is 0.912. The third-order valence-electron chi connectivity index (χ3n) is 16.9. The quantitative estimate of drug-likeness (QED) is 0.187. The van der Waals surface area contributed by atoms with Crippen LogP contribution in [0.5, 0.6) is 0 Å². The Hall–Kier alpha value is -7.22. The Kier molecular flexibility index (Phi) is 7.08. The van der Waals surface area contributed by atoms with Gasteiger partial charge in [-0.25, -0.2) is 0 Å². The van der Waals surface area contributed by atoms with Gasteiger partial charge in [-0.3, -0.25) is 0 Å². The molecule has 9 aromatic rings. The molecule has 1 heteroatoms. The minimum absolute atomic E-state index is 0.339. The third kappa shape index (κ3) is 4.88. The fourth-order valence-electron chi connectivity index (χ4n) is 13.8.